The van der Waals surface area contributed by atoms with E-state index in [0.717, 1.165) is 159 Å². The number of ether oxygens (including phenoxy) is 4. The number of benzene rings is 2. The van der Waals surface area contributed by atoms with Crippen molar-refractivity contribution < 1.29 is 29.2 Å². The third-order valence-corrected chi connectivity index (χ3v) is 16.2. The highest BCUT2D eigenvalue weighted by Gasteiger charge is 2.32. The zero-order chi connectivity index (χ0) is 49.3. The predicted octanol–water partition coefficient (Wildman–Crippen LogP) is 5.89. The summed E-state index contributed by atoms with van der Waals surface area (Å²) in [5.74, 6) is 5.30. The van der Waals surface area contributed by atoms with Crippen LogP contribution in [-0.4, -0.2) is 189 Å². The van der Waals surface area contributed by atoms with Gasteiger partial charge in [-0.05, 0) is 126 Å². The zero-order valence-corrected chi connectivity index (χ0v) is 42.8. The normalized spacial score (nSPS) is 24.1. The number of morpholine rings is 2. The van der Waals surface area contributed by atoms with Gasteiger partial charge in [0.05, 0.1) is 75.3 Å². The van der Waals surface area contributed by atoms with Crippen molar-refractivity contribution in [2.45, 2.75) is 88.5 Å². The van der Waals surface area contributed by atoms with Crippen LogP contribution in [0.25, 0.3) is 33.4 Å². The summed E-state index contributed by atoms with van der Waals surface area (Å²) < 4.78 is 26.2. The van der Waals surface area contributed by atoms with E-state index in [1.54, 1.807) is 0 Å². The number of aliphatic hydroxyl groups is 2. The first-order valence-electron chi connectivity index (χ1n) is 25.8. The molecule has 12 rings (SSSR count). The van der Waals surface area contributed by atoms with E-state index in [1.807, 2.05) is 59.9 Å². The predicted molar refractivity (Wildman–Crippen MR) is 276 cm³/mol. The lowest BCUT2D eigenvalue weighted by Gasteiger charge is -2.35. The van der Waals surface area contributed by atoms with Crippen LogP contribution in [0.4, 0.5) is 11.6 Å². The van der Waals surface area contributed by atoms with Gasteiger partial charge in [0, 0.05) is 84.4 Å². The average Bonchev–Trinajstić information content (AvgIpc) is 4.27. The molecule has 10 heterocycles. The van der Waals surface area contributed by atoms with Gasteiger partial charge in [-0.3, -0.25) is 9.80 Å². The number of hydrogen-bond donors (Lipinski definition) is 2. The number of fused-ring (bicyclic) bond motifs is 2. The monoisotopic (exact) mass is 1020 g/mol. The molecule has 6 aliphatic rings. The third kappa shape index (κ3) is 10.7. The first-order chi connectivity index (χ1) is 35.2. The molecule has 6 fully saturated rings. The van der Waals surface area contributed by atoms with Gasteiger partial charge >= 0.3 is 0 Å². The van der Waals surface area contributed by atoms with Crippen LogP contribution in [0, 0.1) is 13.8 Å². The minimum atomic E-state index is -0.208. The maximum Gasteiger partial charge on any atom is 0.159 e. The lowest BCUT2D eigenvalue weighted by Crippen LogP contribution is -2.44. The maximum absolute atomic E-state index is 9.54. The number of piperidine rings is 2. The van der Waals surface area contributed by atoms with Crippen molar-refractivity contribution in [3.63, 3.8) is 0 Å². The molecule has 0 saturated carbocycles. The topological polar surface area (TPSA) is 178 Å². The molecule has 0 amide bonds. The Morgan fingerprint density at radius 1 is 0.528 bits per heavy atom. The molecule has 2 N–H and O–H groups in total. The molecule has 384 valence electrons. The molecule has 6 aromatic rings. The van der Waals surface area contributed by atoms with Gasteiger partial charge in [0.25, 0.3) is 0 Å². The van der Waals surface area contributed by atoms with E-state index in [-0.39, 0.29) is 25.4 Å². The number of nitrogens with zero attached hydrogens (tertiary/aromatic N) is 12. The van der Waals surface area contributed by atoms with Crippen LogP contribution in [0.3, 0.4) is 0 Å². The van der Waals surface area contributed by atoms with Crippen LogP contribution in [0.2, 0.25) is 10.0 Å². The average molecular weight is 1030 g/mol. The van der Waals surface area contributed by atoms with Gasteiger partial charge in [-0.2, -0.15) is 10.2 Å². The molecule has 0 aliphatic carbocycles. The molecule has 6 aliphatic heterocycles. The Balaban J connectivity index is 0.000000156. The van der Waals surface area contributed by atoms with E-state index >= 15 is 0 Å². The molecule has 0 bridgehead atoms. The van der Waals surface area contributed by atoms with Crippen molar-refractivity contribution in [3.8, 4) is 11.6 Å². The van der Waals surface area contributed by atoms with Crippen molar-refractivity contribution in [1.29, 1.82) is 0 Å². The fourth-order valence-electron chi connectivity index (χ4n) is 11.6. The van der Waals surface area contributed by atoms with Crippen LogP contribution in [0.15, 0.2) is 48.8 Å². The highest BCUT2D eigenvalue weighted by atomic mass is 35.5. The molecule has 72 heavy (non-hydrogen) atoms. The number of anilines is 2. The summed E-state index contributed by atoms with van der Waals surface area (Å²) in [5.41, 5.74) is 4.39. The molecular formula is C52H66Cl2N12O6. The molecule has 18 nitrogen and oxygen atoms in total. The summed E-state index contributed by atoms with van der Waals surface area (Å²) in [6.45, 7) is 15.3. The molecule has 2 aromatic carbocycles. The van der Waals surface area contributed by atoms with Crippen molar-refractivity contribution in [1.82, 2.24) is 49.3 Å². The maximum atomic E-state index is 9.54. The van der Waals surface area contributed by atoms with Crippen molar-refractivity contribution in [3.05, 3.63) is 81.6 Å². The van der Waals surface area contributed by atoms with Crippen molar-refractivity contribution >= 4 is 56.6 Å². The van der Waals surface area contributed by atoms with Crippen molar-refractivity contribution in [2.24, 2.45) is 0 Å². The standard InChI is InChI=1S/2C26H33ClN6O3/c2*1-17-29-25(32-7-9-36-21(14-32)15-34)12-26(30-17)33-24-11-22(23(27)10-19(24)13-28-33)18-2-5-31(6-3-18)20-4-8-35-16-20/h2*10-13,18,20-21,34H,2-9,14-16H2,1H3/t2*20?,21-/m00/s1. The molecule has 0 spiro atoms. The number of hydrogen-bond acceptors (Lipinski definition) is 16. The Morgan fingerprint density at radius 3 is 1.33 bits per heavy atom. The first kappa shape index (κ1) is 49.6. The Hall–Kier alpha value is -4.60. The molecule has 2 unspecified atom stereocenters. The second-order valence-corrected chi connectivity index (χ2v) is 21.0. The molecule has 4 atom stereocenters. The van der Waals surface area contributed by atoms with Gasteiger partial charge in [0.15, 0.2) is 11.6 Å². The summed E-state index contributed by atoms with van der Waals surface area (Å²) in [5, 5.41) is 32.1. The Bertz CT molecular complexity index is 2630. The highest BCUT2D eigenvalue weighted by Crippen LogP contribution is 2.39. The highest BCUT2D eigenvalue weighted by molar-refractivity contribution is 6.32. The fourth-order valence-corrected chi connectivity index (χ4v) is 12.2. The lowest BCUT2D eigenvalue weighted by atomic mass is 9.88. The number of rotatable bonds is 10. The summed E-state index contributed by atoms with van der Waals surface area (Å²) in [7, 11) is 0. The van der Waals surface area contributed by atoms with E-state index in [2.05, 4.69) is 51.9 Å². The van der Waals surface area contributed by atoms with Crippen LogP contribution in [0.1, 0.15) is 73.1 Å². The van der Waals surface area contributed by atoms with Gasteiger partial charge < -0.3 is 39.0 Å². The third-order valence-electron chi connectivity index (χ3n) is 15.5. The largest absolute Gasteiger partial charge is 0.394 e. The number of aliphatic hydroxyl groups excluding tert-OH is 2. The first-order valence-corrected chi connectivity index (χ1v) is 26.6. The van der Waals surface area contributed by atoms with E-state index in [0.29, 0.717) is 61.9 Å². The van der Waals surface area contributed by atoms with E-state index in [1.165, 1.54) is 11.1 Å². The van der Waals surface area contributed by atoms with E-state index in [4.69, 9.17) is 52.1 Å². The summed E-state index contributed by atoms with van der Waals surface area (Å²) in [6.07, 6.45) is 9.93. The SMILES string of the molecule is Cc1nc(N2CCO[C@H](CO)C2)cc(-n2ncc3cc(Cl)c(C4CCN(C5CCOC5)CC4)cc32)n1.Cc1nc(N2CCO[C@H](CO)C2)cc(-n2ncc3cc(Cl)c(C4CCN(C5CCOC5)CC4)cc32)n1. The number of aromatic nitrogens is 8. The summed E-state index contributed by atoms with van der Waals surface area (Å²) in [4.78, 5) is 28.2. The Kier molecular flexibility index (Phi) is 15.2. The van der Waals surface area contributed by atoms with Crippen LogP contribution < -0.4 is 9.80 Å². The second kappa shape index (κ2) is 22.1. The summed E-state index contributed by atoms with van der Waals surface area (Å²) >= 11 is 13.6. The van der Waals surface area contributed by atoms with Gasteiger partial charge in [0.1, 0.15) is 23.3 Å². The molecular weight excluding hydrogens is 960 g/mol. The number of likely N-dealkylation sites (tertiary alicyclic amines) is 2. The zero-order valence-electron chi connectivity index (χ0n) is 41.3. The number of halogens is 2. The van der Waals surface area contributed by atoms with Crippen molar-refractivity contribution in [2.75, 3.05) is 115 Å². The summed E-state index contributed by atoms with van der Waals surface area (Å²) in [6, 6.07) is 13.6. The molecule has 0 radical (unpaired) electrons. The van der Waals surface area contributed by atoms with Gasteiger partial charge in [-0.1, -0.05) is 23.2 Å². The molecule has 20 heteroatoms. The lowest BCUT2D eigenvalue weighted by molar-refractivity contribution is 0.00333. The van der Waals surface area contributed by atoms with Crippen LogP contribution in [0.5, 0.6) is 0 Å². The minimum absolute atomic E-state index is 0.00584. The van der Waals surface area contributed by atoms with E-state index in [9.17, 15) is 10.2 Å². The minimum Gasteiger partial charge on any atom is -0.394 e. The van der Waals surface area contributed by atoms with Gasteiger partial charge in [0.2, 0.25) is 0 Å². The fraction of sp³-hybridized carbons (Fsp3) is 0.577. The smallest absolute Gasteiger partial charge is 0.159 e. The second-order valence-electron chi connectivity index (χ2n) is 20.1. The van der Waals surface area contributed by atoms with Crippen LogP contribution in [-0.2, 0) is 18.9 Å². The Labute approximate surface area is 430 Å². The Morgan fingerprint density at radius 2 is 0.944 bits per heavy atom. The van der Waals surface area contributed by atoms with Crippen LogP contribution >= 0.6 is 23.2 Å². The van der Waals surface area contributed by atoms with Gasteiger partial charge in [-0.25, -0.2) is 29.3 Å². The number of aryl methyl sites for hydroxylation is 2. The van der Waals surface area contributed by atoms with E-state index < -0.39 is 0 Å². The molecule has 4 aromatic heterocycles. The van der Waals surface area contributed by atoms with Gasteiger partial charge in [-0.15, -0.1) is 0 Å². The molecule has 6 saturated heterocycles. The quantitative estimate of drug-likeness (QED) is 0.166.